The minimum Gasteiger partial charge on any atom is -0.496 e. The van der Waals surface area contributed by atoms with Crippen molar-refractivity contribution in [3.8, 4) is 17.2 Å². The maximum atomic E-state index is 12.5. The van der Waals surface area contributed by atoms with Gasteiger partial charge in [0.1, 0.15) is 5.75 Å². The normalized spacial score (nSPS) is 24.6. The van der Waals surface area contributed by atoms with Crippen LogP contribution in [0.1, 0.15) is 23.2 Å². The monoisotopic (exact) mass is 317 g/mol. The Labute approximate surface area is 136 Å². The summed E-state index contributed by atoms with van der Waals surface area (Å²) in [5.74, 6) is 3.26. The van der Waals surface area contributed by atoms with Gasteiger partial charge in [-0.05, 0) is 30.6 Å². The SMILES string of the molecule is COc1cc(OC)c(C(=O)NC[C@@H]2C[C@H]3C=C[C@H]2C3)cc1OC. The lowest BCUT2D eigenvalue weighted by Crippen LogP contribution is -2.31. The number of hydrogen-bond donors (Lipinski definition) is 1. The van der Waals surface area contributed by atoms with E-state index in [9.17, 15) is 4.79 Å². The lowest BCUT2D eigenvalue weighted by Gasteiger charge is -2.19. The number of rotatable bonds is 6. The Bertz CT molecular complexity index is 626. The summed E-state index contributed by atoms with van der Waals surface area (Å²) in [4.78, 5) is 12.5. The van der Waals surface area contributed by atoms with Crippen molar-refractivity contribution in [3.63, 3.8) is 0 Å². The molecule has 2 aliphatic rings. The Morgan fingerprint density at radius 3 is 2.30 bits per heavy atom. The first-order chi connectivity index (χ1) is 11.2. The summed E-state index contributed by atoms with van der Waals surface area (Å²) in [5, 5.41) is 3.04. The van der Waals surface area contributed by atoms with Gasteiger partial charge < -0.3 is 19.5 Å². The molecular formula is C18H23NO4. The van der Waals surface area contributed by atoms with E-state index in [4.69, 9.17) is 14.2 Å². The van der Waals surface area contributed by atoms with E-state index >= 15 is 0 Å². The second-order valence-electron chi connectivity index (χ2n) is 6.16. The minimum absolute atomic E-state index is 0.144. The van der Waals surface area contributed by atoms with Crippen molar-refractivity contribution >= 4 is 5.91 Å². The number of methoxy groups -OCH3 is 3. The van der Waals surface area contributed by atoms with Gasteiger partial charge in [-0.1, -0.05) is 12.2 Å². The van der Waals surface area contributed by atoms with Gasteiger partial charge in [0.2, 0.25) is 0 Å². The van der Waals surface area contributed by atoms with Crippen LogP contribution in [0.5, 0.6) is 17.2 Å². The van der Waals surface area contributed by atoms with Crippen LogP contribution in [0.4, 0.5) is 0 Å². The third-order valence-corrected chi connectivity index (χ3v) is 4.89. The highest BCUT2D eigenvalue weighted by Crippen LogP contribution is 2.43. The first-order valence-electron chi connectivity index (χ1n) is 7.92. The molecule has 3 atom stereocenters. The summed E-state index contributed by atoms with van der Waals surface area (Å²) in [6.07, 6.45) is 7.01. The van der Waals surface area contributed by atoms with Crippen molar-refractivity contribution in [2.75, 3.05) is 27.9 Å². The van der Waals surface area contributed by atoms with Crippen LogP contribution in [0.25, 0.3) is 0 Å². The molecule has 0 unspecified atom stereocenters. The lowest BCUT2D eigenvalue weighted by molar-refractivity contribution is 0.0941. The smallest absolute Gasteiger partial charge is 0.255 e. The van der Waals surface area contributed by atoms with Gasteiger partial charge in [0.25, 0.3) is 5.91 Å². The number of hydrogen-bond acceptors (Lipinski definition) is 4. The zero-order valence-electron chi connectivity index (χ0n) is 13.8. The molecule has 2 bridgehead atoms. The van der Waals surface area contributed by atoms with Gasteiger partial charge in [-0.15, -0.1) is 0 Å². The fourth-order valence-electron chi connectivity index (χ4n) is 3.65. The molecule has 0 radical (unpaired) electrons. The second-order valence-corrected chi connectivity index (χ2v) is 6.16. The Balaban J connectivity index is 1.72. The van der Waals surface area contributed by atoms with Crippen LogP contribution in [0.3, 0.4) is 0 Å². The average Bonchev–Trinajstić information content (AvgIpc) is 3.21. The largest absolute Gasteiger partial charge is 0.496 e. The number of ether oxygens (including phenoxy) is 3. The van der Waals surface area contributed by atoms with Crippen LogP contribution < -0.4 is 19.5 Å². The predicted molar refractivity (Wildman–Crippen MR) is 87.3 cm³/mol. The van der Waals surface area contributed by atoms with Gasteiger partial charge in [-0.3, -0.25) is 4.79 Å². The maximum Gasteiger partial charge on any atom is 0.255 e. The molecule has 1 fully saturated rings. The highest BCUT2D eigenvalue weighted by molar-refractivity contribution is 5.97. The van der Waals surface area contributed by atoms with Crippen LogP contribution >= 0.6 is 0 Å². The van der Waals surface area contributed by atoms with E-state index in [0.29, 0.717) is 47.1 Å². The zero-order chi connectivity index (χ0) is 16.4. The molecule has 1 saturated carbocycles. The molecular weight excluding hydrogens is 294 g/mol. The van der Waals surface area contributed by atoms with Crippen LogP contribution in [0, 0.1) is 17.8 Å². The topological polar surface area (TPSA) is 56.8 Å². The molecule has 2 aliphatic carbocycles. The molecule has 5 nitrogen and oxygen atoms in total. The van der Waals surface area contributed by atoms with E-state index in [-0.39, 0.29) is 5.91 Å². The fourth-order valence-corrected chi connectivity index (χ4v) is 3.65. The zero-order valence-corrected chi connectivity index (χ0v) is 13.8. The van der Waals surface area contributed by atoms with E-state index in [2.05, 4.69) is 17.5 Å². The number of allylic oxidation sites excluding steroid dienone is 2. The lowest BCUT2D eigenvalue weighted by atomic mass is 9.93. The molecule has 1 amide bonds. The van der Waals surface area contributed by atoms with Crippen LogP contribution in [-0.4, -0.2) is 33.8 Å². The standard InChI is InChI=1S/C18H23NO4/c1-21-15-9-17(23-3)16(22-2)8-14(15)18(20)19-10-13-7-11-4-5-12(13)6-11/h4-5,8-9,11-13H,6-7,10H2,1-3H3,(H,19,20)/t11-,12-,13-/m0/s1. The van der Waals surface area contributed by atoms with Gasteiger partial charge in [0.15, 0.2) is 11.5 Å². The highest BCUT2D eigenvalue weighted by atomic mass is 16.5. The molecule has 0 aromatic heterocycles. The summed E-state index contributed by atoms with van der Waals surface area (Å²) >= 11 is 0. The van der Waals surface area contributed by atoms with Gasteiger partial charge in [0, 0.05) is 18.7 Å². The molecule has 23 heavy (non-hydrogen) atoms. The molecule has 1 N–H and O–H groups in total. The molecule has 1 aromatic rings. The van der Waals surface area contributed by atoms with Gasteiger partial charge in [0.05, 0.1) is 26.9 Å². The van der Waals surface area contributed by atoms with Crippen molar-refractivity contribution in [3.05, 3.63) is 29.8 Å². The van der Waals surface area contributed by atoms with E-state index in [1.165, 1.54) is 12.8 Å². The maximum absolute atomic E-state index is 12.5. The van der Waals surface area contributed by atoms with E-state index in [1.807, 2.05) is 0 Å². The predicted octanol–water partition coefficient (Wildman–Crippen LogP) is 2.65. The third-order valence-electron chi connectivity index (χ3n) is 4.89. The number of amides is 1. The molecule has 0 spiro atoms. The Hall–Kier alpha value is -2.17. The van der Waals surface area contributed by atoms with Crippen LogP contribution in [0.2, 0.25) is 0 Å². The second kappa shape index (κ2) is 6.52. The van der Waals surface area contributed by atoms with E-state index < -0.39 is 0 Å². The summed E-state index contributed by atoms with van der Waals surface area (Å²) < 4.78 is 15.8. The highest BCUT2D eigenvalue weighted by Gasteiger charge is 2.35. The fraction of sp³-hybridized carbons (Fsp3) is 0.500. The first kappa shape index (κ1) is 15.7. The van der Waals surface area contributed by atoms with E-state index in [0.717, 1.165) is 0 Å². The summed E-state index contributed by atoms with van der Waals surface area (Å²) in [7, 11) is 4.64. The van der Waals surface area contributed by atoms with Crippen molar-refractivity contribution < 1.29 is 19.0 Å². The van der Waals surface area contributed by atoms with Gasteiger partial charge in [-0.25, -0.2) is 0 Å². The van der Waals surface area contributed by atoms with Crippen molar-refractivity contribution in [1.82, 2.24) is 5.32 Å². The first-order valence-corrected chi connectivity index (χ1v) is 7.92. The Morgan fingerprint density at radius 2 is 1.74 bits per heavy atom. The van der Waals surface area contributed by atoms with E-state index in [1.54, 1.807) is 33.5 Å². The van der Waals surface area contributed by atoms with Crippen LogP contribution in [0.15, 0.2) is 24.3 Å². The summed E-state index contributed by atoms with van der Waals surface area (Å²) in [6, 6.07) is 3.34. The third kappa shape index (κ3) is 3.00. The molecule has 1 aromatic carbocycles. The molecule has 0 aliphatic heterocycles. The summed E-state index contributed by atoms with van der Waals surface area (Å²) in [5.41, 5.74) is 0.462. The van der Waals surface area contributed by atoms with Crippen molar-refractivity contribution in [1.29, 1.82) is 0 Å². The minimum atomic E-state index is -0.144. The molecule has 0 saturated heterocycles. The molecule has 124 valence electrons. The van der Waals surface area contributed by atoms with Gasteiger partial charge in [-0.2, -0.15) is 0 Å². The number of benzene rings is 1. The van der Waals surface area contributed by atoms with Crippen molar-refractivity contribution in [2.45, 2.75) is 12.8 Å². The Kier molecular flexibility index (Phi) is 4.46. The average molecular weight is 317 g/mol. The van der Waals surface area contributed by atoms with Gasteiger partial charge >= 0.3 is 0 Å². The van der Waals surface area contributed by atoms with Crippen LogP contribution in [-0.2, 0) is 0 Å². The number of carbonyl (C=O) groups excluding carboxylic acids is 1. The molecule has 3 rings (SSSR count). The Morgan fingerprint density at radius 1 is 1.04 bits per heavy atom. The molecule has 0 heterocycles. The number of nitrogens with one attached hydrogen (secondary N) is 1. The summed E-state index contributed by atoms with van der Waals surface area (Å²) in [6.45, 7) is 0.696. The van der Waals surface area contributed by atoms with Crippen molar-refractivity contribution in [2.24, 2.45) is 17.8 Å². The molecule has 5 heteroatoms. The number of fused-ring (bicyclic) bond motifs is 2. The quantitative estimate of drug-likeness (QED) is 0.820. The number of carbonyl (C=O) groups is 1.